The monoisotopic (exact) mass is 441 g/mol. The summed E-state index contributed by atoms with van der Waals surface area (Å²) in [6, 6.07) is 9.32. The molecule has 30 heavy (non-hydrogen) atoms. The van der Waals surface area contributed by atoms with Gasteiger partial charge in [-0.1, -0.05) is 6.07 Å². The van der Waals surface area contributed by atoms with Crippen LogP contribution in [-0.4, -0.2) is 18.1 Å². The number of thiophene rings is 1. The Morgan fingerprint density at radius 1 is 1.23 bits per heavy atom. The van der Waals surface area contributed by atoms with Crippen LogP contribution in [0.3, 0.4) is 0 Å². The lowest BCUT2D eigenvalue weighted by Crippen LogP contribution is -2.14. The highest BCUT2D eigenvalue weighted by molar-refractivity contribution is 7.20. The van der Waals surface area contributed by atoms with Gasteiger partial charge < -0.3 is 13.9 Å². The Kier molecular flexibility index (Phi) is 5.96. The number of benzene rings is 1. The van der Waals surface area contributed by atoms with Crippen LogP contribution in [0.1, 0.15) is 23.2 Å². The van der Waals surface area contributed by atoms with Crippen LogP contribution in [0.5, 0.6) is 5.75 Å². The van der Waals surface area contributed by atoms with Crippen molar-refractivity contribution in [2.75, 3.05) is 7.11 Å². The largest absolute Gasteiger partial charge is 0.497 e. The Labute approximate surface area is 180 Å². The predicted octanol–water partition coefficient (Wildman–Crippen LogP) is 4.97. The van der Waals surface area contributed by atoms with Crippen LogP contribution in [0, 0.1) is 6.92 Å². The number of fused-ring (bicyclic) bond motifs is 1. The molecule has 0 aliphatic carbocycles. The number of aromatic nitrogens is 1. The lowest BCUT2D eigenvalue weighted by Gasteiger charge is -2.09. The molecule has 0 radical (unpaired) electrons. The van der Waals surface area contributed by atoms with Gasteiger partial charge in [-0.2, -0.15) is 0 Å². The molecule has 0 N–H and O–H groups in total. The van der Waals surface area contributed by atoms with E-state index in [2.05, 4.69) is 4.98 Å². The van der Waals surface area contributed by atoms with Gasteiger partial charge in [-0.05, 0) is 42.5 Å². The Bertz CT molecular complexity index is 1240. The molecule has 0 bridgehead atoms. The van der Waals surface area contributed by atoms with E-state index >= 15 is 0 Å². The first-order valence-corrected chi connectivity index (χ1v) is 11.1. The van der Waals surface area contributed by atoms with Crippen molar-refractivity contribution in [3.8, 4) is 15.6 Å². The minimum absolute atomic E-state index is 0.0924. The van der Waals surface area contributed by atoms with Crippen molar-refractivity contribution >= 4 is 39.6 Å². The summed E-state index contributed by atoms with van der Waals surface area (Å²) < 4.78 is 15.9. The smallest absolute Gasteiger partial charge is 0.339 e. The number of carbonyl (C=O) groups is 1. The normalized spacial score (nSPS) is 11.0. The third-order valence-corrected chi connectivity index (χ3v) is 6.67. The minimum Gasteiger partial charge on any atom is -0.497 e. The Morgan fingerprint density at radius 3 is 2.87 bits per heavy atom. The Balaban J connectivity index is 1.39. The zero-order chi connectivity index (χ0) is 21.1. The highest BCUT2D eigenvalue weighted by Gasteiger charge is 2.15. The number of carbonyl (C=O) groups excluding carboxylic acids is 1. The van der Waals surface area contributed by atoms with Crippen molar-refractivity contribution in [1.29, 1.82) is 0 Å². The molecule has 3 aromatic heterocycles. The molecule has 0 aliphatic rings. The van der Waals surface area contributed by atoms with Gasteiger partial charge in [0.1, 0.15) is 22.9 Å². The molecular formula is C22H19NO5S2. The third kappa shape index (κ3) is 4.29. The zero-order valence-corrected chi connectivity index (χ0v) is 18.1. The van der Waals surface area contributed by atoms with Crippen molar-refractivity contribution in [1.82, 2.24) is 4.98 Å². The molecule has 6 nitrogen and oxygen atoms in total. The number of methoxy groups -OCH3 is 1. The maximum Gasteiger partial charge on any atom is 0.339 e. The topological polar surface area (TPSA) is 78.6 Å². The number of ether oxygens (including phenoxy) is 2. The number of esters is 1. The van der Waals surface area contributed by atoms with Crippen LogP contribution in [0.4, 0.5) is 0 Å². The van der Waals surface area contributed by atoms with E-state index in [1.165, 1.54) is 11.3 Å². The second-order valence-electron chi connectivity index (χ2n) is 6.64. The molecule has 1 aromatic carbocycles. The second-order valence-corrected chi connectivity index (χ2v) is 8.44. The lowest BCUT2D eigenvalue weighted by molar-refractivity contribution is -0.145. The van der Waals surface area contributed by atoms with Crippen molar-refractivity contribution < 1.29 is 18.7 Å². The molecule has 4 rings (SSSR count). The molecule has 0 atom stereocenters. The van der Waals surface area contributed by atoms with Gasteiger partial charge >= 0.3 is 11.6 Å². The van der Waals surface area contributed by atoms with E-state index in [9.17, 15) is 9.59 Å². The van der Waals surface area contributed by atoms with Gasteiger partial charge in [0.25, 0.3) is 0 Å². The SMILES string of the molecule is COc1ccc2c(C)c(CCC(=O)OCc3csc(-c4cccs4)n3)c(=O)oc2c1. The van der Waals surface area contributed by atoms with Crippen LogP contribution in [0.25, 0.3) is 20.9 Å². The molecule has 8 heteroatoms. The van der Waals surface area contributed by atoms with E-state index in [0.717, 1.165) is 20.8 Å². The van der Waals surface area contributed by atoms with E-state index in [1.807, 2.05) is 41.9 Å². The van der Waals surface area contributed by atoms with Crippen LogP contribution in [-0.2, 0) is 22.6 Å². The highest BCUT2D eigenvalue weighted by Crippen LogP contribution is 2.28. The lowest BCUT2D eigenvalue weighted by atomic mass is 10.0. The average molecular weight is 442 g/mol. The maximum atomic E-state index is 12.4. The summed E-state index contributed by atoms with van der Waals surface area (Å²) in [7, 11) is 1.56. The van der Waals surface area contributed by atoms with E-state index < -0.39 is 5.63 Å². The zero-order valence-electron chi connectivity index (χ0n) is 16.5. The van der Waals surface area contributed by atoms with Gasteiger partial charge in [0.2, 0.25) is 0 Å². The predicted molar refractivity (Wildman–Crippen MR) is 117 cm³/mol. The molecule has 0 amide bonds. The minimum atomic E-state index is -0.443. The van der Waals surface area contributed by atoms with Crippen LogP contribution in [0.2, 0.25) is 0 Å². The molecule has 4 aromatic rings. The van der Waals surface area contributed by atoms with Crippen molar-refractivity contribution in [2.45, 2.75) is 26.4 Å². The Morgan fingerprint density at radius 2 is 2.10 bits per heavy atom. The number of nitrogens with zero attached hydrogens (tertiary/aromatic N) is 1. The van der Waals surface area contributed by atoms with Gasteiger partial charge in [0, 0.05) is 28.8 Å². The van der Waals surface area contributed by atoms with Gasteiger partial charge in [-0.15, -0.1) is 22.7 Å². The number of aryl methyl sites for hydroxylation is 1. The fourth-order valence-electron chi connectivity index (χ4n) is 3.13. The average Bonchev–Trinajstić information content (AvgIpc) is 3.43. The molecule has 154 valence electrons. The maximum absolute atomic E-state index is 12.4. The van der Waals surface area contributed by atoms with E-state index in [-0.39, 0.29) is 25.4 Å². The standard InChI is InChI=1S/C22H19NO5S2/c1-13-16-6-5-15(26-2)10-18(16)28-22(25)17(13)7-8-20(24)27-11-14-12-30-21(23-14)19-4-3-9-29-19/h3-6,9-10,12H,7-8,11H2,1-2H3. The summed E-state index contributed by atoms with van der Waals surface area (Å²) in [5.41, 5.74) is 2.02. The molecule has 0 unspecified atom stereocenters. The van der Waals surface area contributed by atoms with Crippen molar-refractivity contribution in [2.24, 2.45) is 0 Å². The highest BCUT2D eigenvalue weighted by atomic mass is 32.1. The van der Waals surface area contributed by atoms with Gasteiger partial charge in [-0.25, -0.2) is 9.78 Å². The van der Waals surface area contributed by atoms with Gasteiger partial charge in [-0.3, -0.25) is 4.79 Å². The molecule has 3 heterocycles. The summed E-state index contributed by atoms with van der Waals surface area (Å²) >= 11 is 3.14. The summed E-state index contributed by atoms with van der Waals surface area (Å²) in [6.45, 7) is 1.97. The van der Waals surface area contributed by atoms with Crippen molar-refractivity contribution in [3.63, 3.8) is 0 Å². The van der Waals surface area contributed by atoms with Crippen LogP contribution in [0.15, 0.2) is 50.3 Å². The third-order valence-electron chi connectivity index (χ3n) is 4.74. The molecule has 0 aliphatic heterocycles. The molecule has 0 fully saturated rings. The molecular weight excluding hydrogens is 422 g/mol. The number of hydrogen-bond acceptors (Lipinski definition) is 8. The Hall–Kier alpha value is -2.97. The van der Waals surface area contributed by atoms with Crippen LogP contribution < -0.4 is 10.4 Å². The number of thiazole rings is 1. The van der Waals surface area contributed by atoms with E-state index in [0.29, 0.717) is 22.6 Å². The van der Waals surface area contributed by atoms with Gasteiger partial charge in [0.15, 0.2) is 0 Å². The quantitative estimate of drug-likeness (QED) is 0.298. The molecule has 0 saturated carbocycles. The fourth-order valence-corrected chi connectivity index (χ4v) is 4.75. The fraction of sp³-hybridized carbons (Fsp3) is 0.227. The molecule has 0 saturated heterocycles. The first-order valence-electron chi connectivity index (χ1n) is 9.29. The summed E-state index contributed by atoms with van der Waals surface area (Å²) in [5.74, 6) is 0.236. The summed E-state index contributed by atoms with van der Waals surface area (Å²) in [6.07, 6.45) is 0.349. The molecule has 0 spiro atoms. The van der Waals surface area contributed by atoms with Crippen molar-refractivity contribution in [3.05, 3.63) is 68.3 Å². The van der Waals surface area contributed by atoms with E-state index in [1.54, 1.807) is 24.5 Å². The second kappa shape index (κ2) is 8.81. The number of hydrogen-bond donors (Lipinski definition) is 0. The number of rotatable bonds is 7. The van der Waals surface area contributed by atoms with E-state index in [4.69, 9.17) is 13.9 Å². The van der Waals surface area contributed by atoms with Gasteiger partial charge in [0.05, 0.1) is 17.7 Å². The first kappa shape index (κ1) is 20.3. The summed E-state index contributed by atoms with van der Waals surface area (Å²) in [4.78, 5) is 30.2. The van der Waals surface area contributed by atoms with Crippen LogP contribution >= 0.6 is 22.7 Å². The first-order chi connectivity index (χ1) is 14.5. The summed E-state index contributed by atoms with van der Waals surface area (Å²) in [5, 5.41) is 5.62.